The summed E-state index contributed by atoms with van der Waals surface area (Å²) in [5, 5.41) is 1.26. The van der Waals surface area contributed by atoms with E-state index in [4.69, 9.17) is 0 Å². The van der Waals surface area contributed by atoms with Crippen LogP contribution in [0.3, 0.4) is 0 Å². The van der Waals surface area contributed by atoms with Crippen LogP contribution in [0.25, 0.3) is 11.0 Å². The van der Waals surface area contributed by atoms with E-state index in [1.165, 1.54) is 21.2 Å². The quantitative estimate of drug-likeness (QED) is 0.598. The van der Waals surface area contributed by atoms with Crippen LogP contribution in [0.15, 0.2) is 30.5 Å². The molecule has 1 aromatic rings. The third-order valence-corrected chi connectivity index (χ3v) is 4.85. The van der Waals surface area contributed by atoms with Crippen LogP contribution in [0.1, 0.15) is 13.8 Å². The highest BCUT2D eigenvalue weighted by atomic mass is 127. The number of hydrogen-bond acceptors (Lipinski definition) is 3. The van der Waals surface area contributed by atoms with Crippen molar-refractivity contribution in [2.45, 2.75) is 13.8 Å². The second-order valence-corrected chi connectivity index (χ2v) is 8.39. The van der Waals surface area contributed by atoms with Gasteiger partial charge in [0.2, 0.25) is 7.01 Å². The third-order valence-electron chi connectivity index (χ3n) is 1.94. The summed E-state index contributed by atoms with van der Waals surface area (Å²) in [7, 11) is -3.24. The van der Waals surface area contributed by atoms with Crippen LogP contribution in [-0.2, 0) is 7.01 Å². The van der Waals surface area contributed by atoms with E-state index in [9.17, 15) is 8.42 Å². The van der Waals surface area contributed by atoms with Crippen LogP contribution in [-0.4, -0.2) is 13.4 Å². The van der Waals surface area contributed by atoms with Crippen molar-refractivity contribution >= 4 is 39.2 Å². The van der Waals surface area contributed by atoms with E-state index >= 15 is 0 Å². The highest BCUT2D eigenvalue weighted by molar-refractivity contribution is 14.2. The first kappa shape index (κ1) is 13.4. The maximum Gasteiger partial charge on any atom is 0.229 e. The van der Waals surface area contributed by atoms with Gasteiger partial charge in [-0.25, -0.2) is 8.42 Å². The minimum absolute atomic E-state index is 0.265. The van der Waals surface area contributed by atoms with Crippen LogP contribution in [0, 0.1) is 0 Å². The lowest BCUT2D eigenvalue weighted by Gasteiger charge is -1.96. The fraction of sp³-hybridized carbons (Fsp3) is 0.182. The van der Waals surface area contributed by atoms with Gasteiger partial charge in [0.1, 0.15) is 0 Å². The topological polar surface area (TPSA) is 47.0 Å². The minimum atomic E-state index is -3.24. The van der Waals surface area contributed by atoms with Gasteiger partial charge in [0.05, 0.1) is 31.5 Å². The summed E-state index contributed by atoms with van der Waals surface area (Å²) in [6.45, 7) is 7.18. The molecule has 0 amide bonds. The maximum absolute atomic E-state index is 11.4. The summed E-state index contributed by atoms with van der Waals surface area (Å²) < 4.78 is 22.9. The number of allylic oxidation sites excluding steroid dienone is 1. The lowest BCUT2D eigenvalue weighted by atomic mass is 10.2. The standard InChI is InChI=1S/C11H12INO2S/c1-8(2)7-10-5-4-6-13-11(10)9(3)16(12,14)15/h4-7H,1H2,2-3H3/b10-7-,11-9-. The molecule has 0 unspecified atom stereocenters. The van der Waals surface area contributed by atoms with E-state index in [1.807, 2.05) is 19.1 Å². The Morgan fingerprint density at radius 2 is 2.12 bits per heavy atom. The van der Waals surface area contributed by atoms with Crippen LogP contribution < -0.4 is 10.6 Å². The zero-order valence-corrected chi connectivity index (χ0v) is 12.0. The van der Waals surface area contributed by atoms with Crippen LogP contribution in [0.4, 0.5) is 0 Å². The smallest absolute Gasteiger partial charge is 0.229 e. The van der Waals surface area contributed by atoms with E-state index in [0.717, 1.165) is 10.8 Å². The minimum Gasteiger partial charge on any atom is -0.255 e. The molecular formula is C11H12INO2S. The lowest BCUT2D eigenvalue weighted by Crippen LogP contribution is -2.30. The fourth-order valence-corrected chi connectivity index (χ4v) is 2.24. The van der Waals surface area contributed by atoms with Gasteiger partial charge in [0.25, 0.3) is 0 Å². The van der Waals surface area contributed by atoms with Crippen molar-refractivity contribution in [3.8, 4) is 0 Å². The van der Waals surface area contributed by atoms with Gasteiger partial charge in [0, 0.05) is 11.4 Å². The summed E-state index contributed by atoms with van der Waals surface area (Å²) in [6.07, 6.45) is 3.39. The number of nitrogens with zero attached hydrogens (tertiary/aromatic N) is 1. The summed E-state index contributed by atoms with van der Waals surface area (Å²) in [4.78, 5) is 4.37. The molecule has 0 saturated heterocycles. The highest BCUT2D eigenvalue weighted by Gasteiger charge is 2.09. The van der Waals surface area contributed by atoms with Gasteiger partial charge in [-0.05, 0) is 19.9 Å². The van der Waals surface area contributed by atoms with Crippen LogP contribution >= 0.6 is 21.2 Å². The molecule has 0 spiro atoms. The first-order valence-electron chi connectivity index (χ1n) is 4.56. The molecule has 0 atom stereocenters. The summed E-state index contributed by atoms with van der Waals surface area (Å²) >= 11 is 1.42. The van der Waals surface area contributed by atoms with E-state index in [2.05, 4.69) is 11.6 Å². The van der Waals surface area contributed by atoms with Gasteiger partial charge in [-0.2, -0.15) is 0 Å². The Bertz CT molecular complexity index is 632. The largest absolute Gasteiger partial charge is 0.255 e. The van der Waals surface area contributed by atoms with Crippen molar-refractivity contribution in [3.63, 3.8) is 0 Å². The van der Waals surface area contributed by atoms with E-state index in [0.29, 0.717) is 5.35 Å². The lowest BCUT2D eigenvalue weighted by molar-refractivity contribution is 0.620. The molecule has 1 rings (SSSR count). The monoisotopic (exact) mass is 349 g/mol. The molecule has 3 nitrogen and oxygen atoms in total. The van der Waals surface area contributed by atoms with Crippen LogP contribution in [0.5, 0.6) is 0 Å². The Morgan fingerprint density at radius 3 is 2.62 bits per heavy atom. The molecule has 0 saturated carbocycles. The Kier molecular flexibility index (Phi) is 4.26. The van der Waals surface area contributed by atoms with Gasteiger partial charge in [-0.15, -0.1) is 0 Å². The summed E-state index contributed by atoms with van der Waals surface area (Å²) in [5.74, 6) is 0. The average molecular weight is 349 g/mol. The average Bonchev–Trinajstić information content (AvgIpc) is 2.15. The number of hydrogen-bond donors (Lipinski definition) is 0. The Hall–Kier alpha value is -0.690. The van der Waals surface area contributed by atoms with Gasteiger partial charge in [-0.1, -0.05) is 24.3 Å². The predicted molar refractivity (Wildman–Crippen MR) is 74.8 cm³/mol. The molecular weight excluding hydrogens is 337 g/mol. The molecule has 5 heteroatoms. The molecule has 86 valence electrons. The fourth-order valence-electron chi connectivity index (χ4n) is 1.21. The molecule has 0 radical (unpaired) electrons. The van der Waals surface area contributed by atoms with Crippen molar-refractivity contribution in [2.24, 2.45) is 0 Å². The molecule has 0 bridgehead atoms. The van der Waals surface area contributed by atoms with Crippen molar-refractivity contribution in [2.75, 3.05) is 0 Å². The zero-order chi connectivity index (χ0) is 12.3. The number of halogens is 1. The van der Waals surface area contributed by atoms with Crippen LogP contribution in [0.2, 0.25) is 0 Å². The van der Waals surface area contributed by atoms with Gasteiger partial charge < -0.3 is 0 Å². The predicted octanol–water partition coefficient (Wildman–Crippen LogP) is 1.33. The molecule has 0 aliphatic rings. The van der Waals surface area contributed by atoms with Gasteiger partial charge in [0.15, 0.2) is 0 Å². The molecule has 0 fully saturated rings. The van der Waals surface area contributed by atoms with Crippen molar-refractivity contribution < 1.29 is 8.42 Å². The Labute approximate surface area is 107 Å². The third kappa shape index (κ3) is 3.41. The highest BCUT2D eigenvalue weighted by Crippen LogP contribution is 2.12. The summed E-state index contributed by atoms with van der Waals surface area (Å²) in [5.41, 5.74) is 0.855. The molecule has 0 N–H and O–H groups in total. The first-order chi connectivity index (χ1) is 7.32. The summed E-state index contributed by atoms with van der Waals surface area (Å²) in [6, 6.07) is 3.59. The zero-order valence-electron chi connectivity index (χ0n) is 9.07. The Morgan fingerprint density at radius 1 is 1.50 bits per heavy atom. The molecule has 0 aliphatic carbocycles. The normalized spacial score (nSPS) is 14.8. The number of aromatic nitrogens is 1. The van der Waals surface area contributed by atoms with Gasteiger partial charge >= 0.3 is 0 Å². The van der Waals surface area contributed by atoms with Crippen molar-refractivity contribution in [1.82, 2.24) is 4.98 Å². The number of rotatable bonds is 2. The van der Waals surface area contributed by atoms with Gasteiger partial charge in [-0.3, -0.25) is 4.98 Å². The maximum atomic E-state index is 11.4. The van der Waals surface area contributed by atoms with E-state index < -0.39 is 7.01 Å². The van der Waals surface area contributed by atoms with E-state index in [-0.39, 0.29) is 4.91 Å². The van der Waals surface area contributed by atoms with Crippen molar-refractivity contribution in [3.05, 3.63) is 41.0 Å². The second kappa shape index (κ2) is 5.09. The molecule has 0 aromatic carbocycles. The number of pyridine rings is 1. The molecule has 1 aromatic heterocycles. The molecule has 16 heavy (non-hydrogen) atoms. The SMILES string of the molecule is C=C(C)/C=c1/cccn/c1=C(/C)S(=O)(=O)I. The van der Waals surface area contributed by atoms with Crippen molar-refractivity contribution in [1.29, 1.82) is 0 Å². The Balaban J connectivity index is 3.79. The van der Waals surface area contributed by atoms with E-state index in [1.54, 1.807) is 19.2 Å². The second-order valence-electron chi connectivity index (χ2n) is 3.43. The molecule has 1 heterocycles. The first-order valence-corrected chi connectivity index (χ1v) is 8.59. The molecule has 0 aliphatic heterocycles.